The van der Waals surface area contributed by atoms with Gasteiger partial charge in [0.05, 0.1) is 18.0 Å². The van der Waals surface area contributed by atoms with Crippen molar-refractivity contribution in [1.82, 2.24) is 9.78 Å². The molecule has 1 aromatic heterocycles. The van der Waals surface area contributed by atoms with Crippen LogP contribution in [0.4, 0.5) is 0 Å². The quantitative estimate of drug-likeness (QED) is 0.624. The SMILES string of the molecule is ClCC#Cc1ccccc1OCCn1cccn1. The average molecular weight is 261 g/mol. The summed E-state index contributed by atoms with van der Waals surface area (Å²) in [6, 6.07) is 9.57. The average Bonchev–Trinajstić information content (AvgIpc) is 2.91. The minimum atomic E-state index is 0.321. The van der Waals surface area contributed by atoms with Crippen LogP contribution in [-0.2, 0) is 6.54 Å². The molecule has 4 heteroatoms. The molecule has 0 aliphatic rings. The van der Waals surface area contributed by atoms with E-state index in [0.717, 1.165) is 11.3 Å². The fourth-order valence-electron chi connectivity index (χ4n) is 1.51. The topological polar surface area (TPSA) is 27.1 Å². The van der Waals surface area contributed by atoms with Crippen molar-refractivity contribution in [3.8, 4) is 17.6 Å². The van der Waals surface area contributed by atoms with E-state index < -0.39 is 0 Å². The third kappa shape index (κ3) is 3.54. The molecule has 0 amide bonds. The highest BCUT2D eigenvalue weighted by Crippen LogP contribution is 2.16. The monoisotopic (exact) mass is 260 g/mol. The van der Waals surface area contributed by atoms with E-state index in [1.807, 2.05) is 41.2 Å². The molecule has 2 rings (SSSR count). The lowest BCUT2D eigenvalue weighted by Gasteiger charge is -2.08. The molecule has 1 aromatic carbocycles. The number of halogens is 1. The van der Waals surface area contributed by atoms with Crippen molar-refractivity contribution in [2.75, 3.05) is 12.5 Å². The third-order valence-electron chi connectivity index (χ3n) is 2.31. The summed E-state index contributed by atoms with van der Waals surface area (Å²) >= 11 is 5.55. The summed E-state index contributed by atoms with van der Waals surface area (Å²) in [5.41, 5.74) is 0.860. The standard InChI is InChI=1S/C14H13ClN2O/c15-8-3-6-13-5-1-2-7-14(13)18-12-11-17-10-4-9-16-17/h1-2,4-5,7,9-10H,8,11-12H2. The van der Waals surface area contributed by atoms with Gasteiger partial charge >= 0.3 is 0 Å². The molecule has 1 heterocycles. The van der Waals surface area contributed by atoms with Crippen LogP contribution in [0.5, 0.6) is 5.75 Å². The van der Waals surface area contributed by atoms with Gasteiger partial charge in [-0.2, -0.15) is 5.10 Å². The Bertz CT molecular complexity index is 540. The second kappa shape index (κ2) is 6.73. The molecule has 92 valence electrons. The van der Waals surface area contributed by atoms with Crippen LogP contribution in [0.1, 0.15) is 5.56 Å². The number of rotatable bonds is 4. The number of benzene rings is 1. The first-order valence-electron chi connectivity index (χ1n) is 5.64. The molecule has 2 aromatic rings. The molecule has 18 heavy (non-hydrogen) atoms. The number of nitrogens with zero attached hydrogens (tertiary/aromatic N) is 2. The first kappa shape index (κ1) is 12.5. The zero-order valence-electron chi connectivity index (χ0n) is 9.84. The molecule has 0 fully saturated rings. The Hall–Kier alpha value is -1.92. The summed E-state index contributed by atoms with van der Waals surface area (Å²) in [6.07, 6.45) is 3.66. The third-order valence-corrected chi connectivity index (χ3v) is 2.45. The van der Waals surface area contributed by atoms with Gasteiger partial charge in [-0.25, -0.2) is 0 Å². The number of ether oxygens (including phenoxy) is 1. The Labute approximate surface area is 111 Å². The van der Waals surface area contributed by atoms with Crippen molar-refractivity contribution in [3.05, 3.63) is 48.3 Å². The van der Waals surface area contributed by atoms with Crippen LogP contribution < -0.4 is 4.74 Å². The van der Waals surface area contributed by atoms with E-state index >= 15 is 0 Å². The number of para-hydroxylation sites is 1. The van der Waals surface area contributed by atoms with Crippen molar-refractivity contribution >= 4 is 11.6 Å². The first-order valence-corrected chi connectivity index (χ1v) is 6.17. The van der Waals surface area contributed by atoms with Gasteiger partial charge in [0.1, 0.15) is 12.4 Å². The largest absolute Gasteiger partial charge is 0.490 e. The lowest BCUT2D eigenvalue weighted by Crippen LogP contribution is -2.08. The van der Waals surface area contributed by atoms with E-state index in [9.17, 15) is 0 Å². The maximum atomic E-state index is 5.70. The van der Waals surface area contributed by atoms with Crippen LogP contribution in [-0.4, -0.2) is 22.3 Å². The number of aromatic nitrogens is 2. The maximum Gasteiger partial charge on any atom is 0.135 e. The van der Waals surface area contributed by atoms with E-state index in [-0.39, 0.29) is 0 Å². The van der Waals surface area contributed by atoms with E-state index in [1.54, 1.807) is 6.20 Å². The van der Waals surface area contributed by atoms with Crippen molar-refractivity contribution < 1.29 is 4.74 Å². The second-order valence-electron chi connectivity index (χ2n) is 3.55. The van der Waals surface area contributed by atoms with Gasteiger partial charge < -0.3 is 4.74 Å². The highest BCUT2D eigenvalue weighted by Gasteiger charge is 2.00. The van der Waals surface area contributed by atoms with Gasteiger partial charge in [-0.05, 0) is 18.2 Å². The Morgan fingerprint density at radius 3 is 2.94 bits per heavy atom. The fourth-order valence-corrected chi connectivity index (χ4v) is 1.57. The molecule has 0 spiro atoms. The summed E-state index contributed by atoms with van der Waals surface area (Å²) in [7, 11) is 0. The number of alkyl halides is 1. The lowest BCUT2D eigenvalue weighted by atomic mass is 10.2. The van der Waals surface area contributed by atoms with Crippen LogP contribution in [0.3, 0.4) is 0 Å². The lowest BCUT2D eigenvalue weighted by molar-refractivity contribution is 0.290. The molecule has 0 N–H and O–H groups in total. The number of hydrogen-bond acceptors (Lipinski definition) is 2. The molecule has 0 saturated carbocycles. The minimum absolute atomic E-state index is 0.321. The van der Waals surface area contributed by atoms with E-state index in [2.05, 4.69) is 16.9 Å². The first-order chi connectivity index (χ1) is 8.90. The highest BCUT2D eigenvalue weighted by molar-refractivity contribution is 6.19. The fraction of sp³-hybridized carbons (Fsp3) is 0.214. The molecule has 0 aliphatic carbocycles. The smallest absolute Gasteiger partial charge is 0.135 e. The van der Waals surface area contributed by atoms with Gasteiger partial charge in [-0.15, -0.1) is 11.6 Å². The summed E-state index contributed by atoms with van der Waals surface area (Å²) < 4.78 is 7.53. The van der Waals surface area contributed by atoms with E-state index in [0.29, 0.717) is 19.0 Å². The van der Waals surface area contributed by atoms with Crippen LogP contribution in [0.2, 0.25) is 0 Å². The maximum absolute atomic E-state index is 5.70. The van der Waals surface area contributed by atoms with Crippen molar-refractivity contribution in [1.29, 1.82) is 0 Å². The summed E-state index contributed by atoms with van der Waals surface area (Å²) in [5.74, 6) is 6.90. The molecular formula is C14H13ClN2O. The van der Waals surface area contributed by atoms with Crippen molar-refractivity contribution in [2.24, 2.45) is 0 Å². The molecule has 3 nitrogen and oxygen atoms in total. The van der Waals surface area contributed by atoms with Gasteiger partial charge in [0.15, 0.2) is 0 Å². The minimum Gasteiger partial charge on any atom is -0.490 e. The molecule has 0 aliphatic heterocycles. The van der Waals surface area contributed by atoms with E-state index in [4.69, 9.17) is 16.3 Å². The predicted molar refractivity (Wildman–Crippen MR) is 71.8 cm³/mol. The van der Waals surface area contributed by atoms with Gasteiger partial charge in [0.2, 0.25) is 0 Å². The number of hydrogen-bond donors (Lipinski definition) is 0. The van der Waals surface area contributed by atoms with Gasteiger partial charge in [-0.3, -0.25) is 4.68 Å². The molecule has 0 radical (unpaired) electrons. The van der Waals surface area contributed by atoms with Crippen LogP contribution in [0.25, 0.3) is 0 Å². The van der Waals surface area contributed by atoms with E-state index in [1.165, 1.54) is 0 Å². The van der Waals surface area contributed by atoms with Crippen molar-refractivity contribution in [3.63, 3.8) is 0 Å². The van der Waals surface area contributed by atoms with Crippen LogP contribution >= 0.6 is 11.6 Å². The Balaban J connectivity index is 1.96. The molecule has 0 bridgehead atoms. The van der Waals surface area contributed by atoms with Crippen LogP contribution in [0.15, 0.2) is 42.7 Å². The normalized spacial score (nSPS) is 9.61. The zero-order valence-corrected chi connectivity index (χ0v) is 10.6. The second-order valence-corrected chi connectivity index (χ2v) is 3.82. The highest BCUT2D eigenvalue weighted by atomic mass is 35.5. The Morgan fingerprint density at radius 2 is 2.17 bits per heavy atom. The van der Waals surface area contributed by atoms with Gasteiger partial charge in [-0.1, -0.05) is 24.0 Å². The Morgan fingerprint density at radius 1 is 1.28 bits per heavy atom. The molecule has 0 saturated heterocycles. The Kier molecular flexibility index (Phi) is 4.68. The predicted octanol–water partition coefficient (Wildman–Crippen LogP) is 2.55. The zero-order chi connectivity index (χ0) is 12.6. The molecular weight excluding hydrogens is 248 g/mol. The summed E-state index contributed by atoms with van der Waals surface area (Å²) in [4.78, 5) is 0. The van der Waals surface area contributed by atoms with Gasteiger partial charge in [0.25, 0.3) is 0 Å². The van der Waals surface area contributed by atoms with Gasteiger partial charge in [0, 0.05) is 12.4 Å². The van der Waals surface area contributed by atoms with Crippen molar-refractivity contribution in [2.45, 2.75) is 6.54 Å². The summed E-state index contributed by atoms with van der Waals surface area (Å²) in [5, 5.41) is 4.11. The van der Waals surface area contributed by atoms with Crippen LogP contribution in [0, 0.1) is 11.8 Å². The molecule has 0 unspecified atom stereocenters. The molecule has 0 atom stereocenters. The summed E-state index contributed by atoms with van der Waals surface area (Å²) in [6.45, 7) is 1.27.